The zero-order valence-corrected chi connectivity index (χ0v) is 16.6. The van der Waals surface area contributed by atoms with Crippen LogP contribution in [-0.2, 0) is 6.61 Å². The first-order valence-corrected chi connectivity index (χ1v) is 9.62. The van der Waals surface area contributed by atoms with Crippen molar-refractivity contribution in [2.75, 3.05) is 11.6 Å². The number of nitrogens with one attached hydrogen (secondary N) is 1. The molecular weight excluding hydrogens is 362 g/mol. The van der Waals surface area contributed by atoms with Gasteiger partial charge < -0.3 is 4.74 Å². The number of anilines is 1. The minimum atomic E-state index is 0.456. The Bertz CT molecular complexity index is 1060. The number of hydrazine groups is 1. The molecule has 2 aliphatic rings. The highest BCUT2D eigenvalue weighted by molar-refractivity contribution is 5.62. The molecule has 0 fully saturated rings. The fourth-order valence-electron chi connectivity index (χ4n) is 3.39. The van der Waals surface area contributed by atoms with Gasteiger partial charge in [0.05, 0.1) is 23.1 Å². The number of allylic oxidation sites excluding steroid dienone is 6. The van der Waals surface area contributed by atoms with Gasteiger partial charge in [0, 0.05) is 29.6 Å². The minimum absolute atomic E-state index is 0.456. The van der Waals surface area contributed by atoms with Crippen LogP contribution >= 0.6 is 0 Å². The normalized spacial score (nSPS) is 15.7. The summed E-state index contributed by atoms with van der Waals surface area (Å²) in [6.45, 7) is 5.35. The predicted molar refractivity (Wildman–Crippen MR) is 114 cm³/mol. The van der Waals surface area contributed by atoms with Gasteiger partial charge in [-0.15, -0.1) is 0 Å². The average molecular weight is 385 g/mol. The average Bonchev–Trinajstić information content (AvgIpc) is 3.29. The molecule has 0 saturated carbocycles. The topological polar surface area (TPSA) is 66.1 Å². The molecule has 1 aliphatic carbocycles. The number of benzene rings is 1. The molecule has 0 bridgehead atoms. The fourth-order valence-corrected chi connectivity index (χ4v) is 3.39. The summed E-state index contributed by atoms with van der Waals surface area (Å²) in [6, 6.07) is 10.2. The Labute approximate surface area is 170 Å². The molecular formula is C23H23N5O. The van der Waals surface area contributed by atoms with Crippen LogP contribution in [0.3, 0.4) is 0 Å². The quantitative estimate of drug-likeness (QED) is 0.837. The number of aromatic nitrogens is 2. The number of rotatable bonds is 5. The molecule has 1 aliphatic heterocycles. The number of hydrogen-bond acceptors (Lipinski definition) is 5. The van der Waals surface area contributed by atoms with Gasteiger partial charge >= 0.3 is 0 Å². The van der Waals surface area contributed by atoms with Gasteiger partial charge in [0.15, 0.2) is 0 Å². The van der Waals surface area contributed by atoms with Crippen LogP contribution in [0.2, 0.25) is 0 Å². The van der Waals surface area contributed by atoms with Crippen molar-refractivity contribution in [3.63, 3.8) is 0 Å². The summed E-state index contributed by atoms with van der Waals surface area (Å²) < 4.78 is 7.95. The van der Waals surface area contributed by atoms with Gasteiger partial charge in [-0.1, -0.05) is 18.2 Å². The molecule has 1 N–H and O–H groups in total. The van der Waals surface area contributed by atoms with Gasteiger partial charge in [-0.25, -0.2) is 10.1 Å². The van der Waals surface area contributed by atoms with E-state index in [1.54, 1.807) is 0 Å². The van der Waals surface area contributed by atoms with Gasteiger partial charge in [-0.3, -0.25) is 5.01 Å². The van der Waals surface area contributed by atoms with Crippen molar-refractivity contribution in [1.82, 2.24) is 15.2 Å². The Morgan fingerprint density at radius 2 is 2.00 bits per heavy atom. The highest BCUT2D eigenvalue weighted by Crippen LogP contribution is 2.24. The summed E-state index contributed by atoms with van der Waals surface area (Å²) in [6.07, 6.45) is 12.6. The van der Waals surface area contributed by atoms with Gasteiger partial charge in [0.1, 0.15) is 12.4 Å². The zero-order valence-electron chi connectivity index (χ0n) is 16.6. The van der Waals surface area contributed by atoms with E-state index in [1.807, 2.05) is 72.2 Å². The van der Waals surface area contributed by atoms with Gasteiger partial charge in [-0.05, 0) is 56.7 Å². The number of nitriles is 1. The van der Waals surface area contributed by atoms with E-state index in [0.717, 1.165) is 40.6 Å². The second kappa shape index (κ2) is 8.21. The van der Waals surface area contributed by atoms with Crippen LogP contribution in [-0.4, -0.2) is 16.3 Å². The molecule has 0 unspecified atom stereocenters. The third-order valence-electron chi connectivity index (χ3n) is 5.05. The summed E-state index contributed by atoms with van der Waals surface area (Å²) in [5, 5.41) is 15.8. The lowest BCUT2D eigenvalue weighted by atomic mass is 10.2. The van der Waals surface area contributed by atoms with Crippen molar-refractivity contribution in [2.24, 2.45) is 0 Å². The third kappa shape index (κ3) is 4.00. The van der Waals surface area contributed by atoms with E-state index < -0.39 is 0 Å². The smallest absolute Gasteiger partial charge is 0.119 e. The summed E-state index contributed by atoms with van der Waals surface area (Å²) in [5.74, 6) is 0.819. The molecule has 6 heteroatoms. The lowest BCUT2D eigenvalue weighted by Crippen LogP contribution is -2.27. The lowest BCUT2D eigenvalue weighted by molar-refractivity contribution is 0.304. The van der Waals surface area contributed by atoms with E-state index >= 15 is 0 Å². The Morgan fingerprint density at radius 3 is 2.72 bits per heavy atom. The van der Waals surface area contributed by atoms with Crippen LogP contribution in [0.25, 0.3) is 5.70 Å². The van der Waals surface area contributed by atoms with Crippen LogP contribution in [0, 0.1) is 25.2 Å². The summed E-state index contributed by atoms with van der Waals surface area (Å²) in [7, 11) is 0. The second-order valence-corrected chi connectivity index (χ2v) is 6.93. The van der Waals surface area contributed by atoms with Crippen LogP contribution in [0.15, 0.2) is 66.4 Å². The molecule has 6 nitrogen and oxygen atoms in total. The van der Waals surface area contributed by atoms with E-state index in [1.165, 1.54) is 0 Å². The van der Waals surface area contributed by atoms with Crippen molar-refractivity contribution < 1.29 is 4.74 Å². The standard InChI is InChI=1S/C23H23N5O/c1-17-23(16-29-22-11-9-20(10-12-22)27-14-4-13-25-27)18(2)28(26-17)21-6-3-5-19(15-24)7-8-21/h4-12,14,25H,3,13,16H2,1-2H3. The number of ether oxygens (including phenoxy) is 1. The Hall–Kier alpha value is -3.56. The number of nitrogens with zero attached hydrogens (tertiary/aromatic N) is 4. The maximum atomic E-state index is 9.09. The molecule has 2 heterocycles. The van der Waals surface area contributed by atoms with E-state index in [0.29, 0.717) is 18.6 Å². The van der Waals surface area contributed by atoms with Crippen molar-refractivity contribution in [3.05, 3.63) is 83.4 Å². The van der Waals surface area contributed by atoms with E-state index in [9.17, 15) is 0 Å². The van der Waals surface area contributed by atoms with Crippen molar-refractivity contribution >= 4 is 11.4 Å². The molecule has 4 rings (SSSR count). The van der Waals surface area contributed by atoms with Crippen molar-refractivity contribution in [3.8, 4) is 11.8 Å². The number of aryl methyl sites for hydroxylation is 1. The monoisotopic (exact) mass is 385 g/mol. The molecule has 146 valence electrons. The first-order chi connectivity index (χ1) is 14.2. The molecule has 1 aromatic carbocycles. The zero-order chi connectivity index (χ0) is 20.2. The maximum absolute atomic E-state index is 9.09. The summed E-state index contributed by atoms with van der Waals surface area (Å²) >= 11 is 0. The molecule has 0 amide bonds. The minimum Gasteiger partial charge on any atom is -0.489 e. The van der Waals surface area contributed by atoms with Crippen LogP contribution in [0.4, 0.5) is 5.69 Å². The lowest BCUT2D eigenvalue weighted by Gasteiger charge is -2.16. The molecule has 29 heavy (non-hydrogen) atoms. The molecule has 2 aromatic rings. The van der Waals surface area contributed by atoms with E-state index in [-0.39, 0.29) is 0 Å². The largest absolute Gasteiger partial charge is 0.489 e. The molecule has 0 spiro atoms. The number of hydrogen-bond donors (Lipinski definition) is 1. The molecule has 0 atom stereocenters. The fraction of sp³-hybridized carbons (Fsp3) is 0.217. The van der Waals surface area contributed by atoms with Gasteiger partial charge in [0.2, 0.25) is 0 Å². The summed E-state index contributed by atoms with van der Waals surface area (Å²) in [4.78, 5) is 0. The Kier molecular flexibility index (Phi) is 5.32. The van der Waals surface area contributed by atoms with Crippen molar-refractivity contribution in [1.29, 1.82) is 5.26 Å². The van der Waals surface area contributed by atoms with Gasteiger partial charge in [0.25, 0.3) is 0 Å². The highest BCUT2D eigenvalue weighted by atomic mass is 16.5. The van der Waals surface area contributed by atoms with Crippen LogP contribution in [0.5, 0.6) is 5.75 Å². The van der Waals surface area contributed by atoms with Gasteiger partial charge in [-0.2, -0.15) is 10.4 Å². The molecule has 1 aromatic heterocycles. The van der Waals surface area contributed by atoms with Crippen LogP contribution in [0.1, 0.15) is 23.4 Å². The summed E-state index contributed by atoms with van der Waals surface area (Å²) in [5.41, 5.74) is 9.02. The third-order valence-corrected chi connectivity index (χ3v) is 5.05. The maximum Gasteiger partial charge on any atom is 0.119 e. The Balaban J connectivity index is 1.47. The molecule has 0 saturated heterocycles. The van der Waals surface area contributed by atoms with E-state index in [4.69, 9.17) is 15.1 Å². The van der Waals surface area contributed by atoms with Crippen molar-refractivity contribution in [2.45, 2.75) is 26.9 Å². The highest BCUT2D eigenvalue weighted by Gasteiger charge is 2.15. The Morgan fingerprint density at radius 1 is 1.17 bits per heavy atom. The first kappa shape index (κ1) is 18.8. The van der Waals surface area contributed by atoms with Crippen LogP contribution < -0.4 is 15.2 Å². The second-order valence-electron chi connectivity index (χ2n) is 6.93. The first-order valence-electron chi connectivity index (χ1n) is 9.62. The predicted octanol–water partition coefficient (Wildman–Crippen LogP) is 4.17. The SMILES string of the molecule is Cc1nn(C2=CCC=C(C#N)C=C2)c(C)c1COc1ccc(N2C=CCN2)cc1. The molecule has 0 radical (unpaired) electrons. The van der Waals surface area contributed by atoms with E-state index in [2.05, 4.69) is 23.6 Å².